The van der Waals surface area contributed by atoms with E-state index < -0.39 is 23.8 Å². The molecule has 22 heavy (non-hydrogen) atoms. The third-order valence-corrected chi connectivity index (χ3v) is 3.86. The second-order valence-electron chi connectivity index (χ2n) is 5.23. The van der Waals surface area contributed by atoms with E-state index in [9.17, 15) is 19.8 Å². The maximum atomic E-state index is 11.7. The fourth-order valence-corrected chi connectivity index (χ4v) is 2.88. The Morgan fingerprint density at radius 2 is 1.91 bits per heavy atom. The second-order valence-corrected chi connectivity index (χ2v) is 5.23. The van der Waals surface area contributed by atoms with E-state index in [1.54, 1.807) is 39.1 Å². The van der Waals surface area contributed by atoms with E-state index in [1.807, 2.05) is 6.07 Å². The first-order chi connectivity index (χ1) is 10.4. The van der Waals surface area contributed by atoms with Crippen LogP contribution in [0.1, 0.15) is 25.3 Å². The summed E-state index contributed by atoms with van der Waals surface area (Å²) in [4.78, 5) is 27.4. The highest BCUT2D eigenvalue weighted by atomic mass is 16.4. The van der Waals surface area contributed by atoms with Crippen LogP contribution in [-0.2, 0) is 9.59 Å². The summed E-state index contributed by atoms with van der Waals surface area (Å²) in [5.74, 6) is -3.96. The van der Waals surface area contributed by atoms with Gasteiger partial charge in [-0.2, -0.15) is 0 Å². The van der Waals surface area contributed by atoms with Crippen LogP contribution in [0.15, 0.2) is 40.5 Å². The van der Waals surface area contributed by atoms with E-state index in [0.717, 1.165) is 5.69 Å². The number of carboxylic acid groups (broad SMARTS) is 2. The maximum Gasteiger partial charge on any atom is 0.334 e. The molecule has 2 atom stereocenters. The Morgan fingerprint density at radius 1 is 1.23 bits per heavy atom. The van der Waals surface area contributed by atoms with Crippen molar-refractivity contribution in [2.24, 2.45) is 10.9 Å². The quantitative estimate of drug-likeness (QED) is 0.793. The molecule has 0 aromatic heterocycles. The minimum absolute atomic E-state index is 0.0336. The number of carbonyl (C=O) groups is 2. The van der Waals surface area contributed by atoms with Gasteiger partial charge in [-0.25, -0.2) is 4.79 Å². The number of allylic oxidation sites excluding steroid dienone is 1. The molecular weight excluding hydrogens is 284 g/mol. The van der Waals surface area contributed by atoms with Crippen molar-refractivity contribution in [3.8, 4) is 0 Å². The fraction of sp³-hybridized carbons (Fsp3) is 0.312. The normalized spacial score (nSPS) is 21.3. The van der Waals surface area contributed by atoms with Crippen LogP contribution < -0.4 is 5.32 Å². The van der Waals surface area contributed by atoms with E-state index in [2.05, 4.69) is 10.3 Å². The Morgan fingerprint density at radius 3 is 2.45 bits per heavy atom. The lowest BCUT2D eigenvalue weighted by atomic mass is 9.75. The molecular formula is C16H18N2O4. The maximum absolute atomic E-state index is 11.7. The molecule has 6 nitrogen and oxygen atoms in total. The fourth-order valence-electron chi connectivity index (χ4n) is 2.88. The van der Waals surface area contributed by atoms with Gasteiger partial charge in [0, 0.05) is 30.1 Å². The summed E-state index contributed by atoms with van der Waals surface area (Å²) < 4.78 is 0. The molecule has 3 N–H and O–H groups in total. The van der Waals surface area contributed by atoms with Gasteiger partial charge in [0.25, 0.3) is 0 Å². The number of hydrogen-bond acceptors (Lipinski definition) is 4. The summed E-state index contributed by atoms with van der Waals surface area (Å²) in [6.45, 7) is 3.22. The van der Waals surface area contributed by atoms with Crippen LogP contribution in [-0.4, -0.2) is 34.9 Å². The number of hydrogen-bond donors (Lipinski definition) is 3. The molecule has 0 fully saturated rings. The summed E-state index contributed by atoms with van der Waals surface area (Å²) in [6.07, 6.45) is 0. The SMILES string of the molecule is CNc1cccc(C2C(C(=O)O)=C(C)N=C(C)C2C(=O)O)c1. The zero-order chi connectivity index (χ0) is 16.4. The first-order valence-electron chi connectivity index (χ1n) is 6.86. The van der Waals surface area contributed by atoms with Crippen molar-refractivity contribution in [1.29, 1.82) is 0 Å². The zero-order valence-corrected chi connectivity index (χ0v) is 12.6. The van der Waals surface area contributed by atoms with Gasteiger partial charge in [-0.3, -0.25) is 9.79 Å². The lowest BCUT2D eigenvalue weighted by Crippen LogP contribution is -2.34. The summed E-state index contributed by atoms with van der Waals surface area (Å²) in [5.41, 5.74) is 2.23. The molecule has 1 heterocycles. The molecule has 2 unspecified atom stereocenters. The number of aliphatic carboxylic acids is 2. The molecule has 0 radical (unpaired) electrons. The molecule has 0 spiro atoms. The van der Waals surface area contributed by atoms with Crippen LogP contribution in [0.2, 0.25) is 0 Å². The number of rotatable bonds is 4. The Labute approximate surface area is 128 Å². The van der Waals surface area contributed by atoms with E-state index in [-0.39, 0.29) is 5.57 Å². The van der Waals surface area contributed by atoms with Crippen LogP contribution in [0.25, 0.3) is 0 Å². The van der Waals surface area contributed by atoms with E-state index in [4.69, 9.17) is 0 Å². The molecule has 0 aliphatic carbocycles. The van der Waals surface area contributed by atoms with Crippen molar-refractivity contribution in [2.45, 2.75) is 19.8 Å². The summed E-state index contributed by atoms with van der Waals surface area (Å²) >= 11 is 0. The first-order valence-corrected chi connectivity index (χ1v) is 6.86. The van der Waals surface area contributed by atoms with Crippen molar-refractivity contribution in [3.05, 3.63) is 41.1 Å². The third kappa shape index (κ3) is 2.72. The molecule has 0 saturated heterocycles. The highest BCUT2D eigenvalue weighted by Crippen LogP contribution is 2.39. The lowest BCUT2D eigenvalue weighted by molar-refractivity contribution is -0.140. The highest BCUT2D eigenvalue weighted by Gasteiger charge is 2.40. The number of nitrogens with zero attached hydrogens (tertiary/aromatic N) is 1. The number of nitrogens with one attached hydrogen (secondary N) is 1. The number of carboxylic acids is 2. The van der Waals surface area contributed by atoms with Crippen LogP contribution in [0.4, 0.5) is 5.69 Å². The first kappa shape index (κ1) is 15.8. The Hall–Kier alpha value is -2.63. The zero-order valence-electron chi connectivity index (χ0n) is 12.6. The van der Waals surface area contributed by atoms with E-state index >= 15 is 0 Å². The predicted octanol–water partition coefficient (Wildman–Crippen LogP) is 2.35. The average Bonchev–Trinajstić information content (AvgIpc) is 2.45. The number of aliphatic imine (C=N–C) groups is 1. The Kier molecular flexibility index (Phi) is 4.30. The monoisotopic (exact) mass is 302 g/mol. The lowest BCUT2D eigenvalue weighted by Gasteiger charge is -2.29. The van der Waals surface area contributed by atoms with Crippen LogP contribution in [0.5, 0.6) is 0 Å². The Balaban J connectivity index is 2.66. The molecule has 1 aliphatic rings. The molecule has 6 heteroatoms. The van der Waals surface area contributed by atoms with Crippen LogP contribution >= 0.6 is 0 Å². The smallest absolute Gasteiger partial charge is 0.334 e. The van der Waals surface area contributed by atoms with Crippen LogP contribution in [0.3, 0.4) is 0 Å². The van der Waals surface area contributed by atoms with Crippen molar-refractivity contribution in [2.75, 3.05) is 12.4 Å². The topological polar surface area (TPSA) is 99.0 Å². The highest BCUT2D eigenvalue weighted by molar-refractivity contribution is 6.06. The van der Waals surface area contributed by atoms with Gasteiger partial charge >= 0.3 is 11.9 Å². The molecule has 1 aromatic carbocycles. The number of benzene rings is 1. The van der Waals surface area contributed by atoms with Gasteiger partial charge in [-0.1, -0.05) is 12.1 Å². The van der Waals surface area contributed by atoms with Crippen molar-refractivity contribution in [1.82, 2.24) is 0 Å². The molecule has 0 bridgehead atoms. The summed E-state index contributed by atoms with van der Waals surface area (Å²) in [7, 11) is 1.75. The predicted molar refractivity (Wildman–Crippen MR) is 83.3 cm³/mol. The van der Waals surface area contributed by atoms with Crippen molar-refractivity contribution >= 4 is 23.3 Å². The van der Waals surface area contributed by atoms with Crippen molar-refractivity contribution < 1.29 is 19.8 Å². The summed E-state index contributed by atoms with van der Waals surface area (Å²) in [5, 5.41) is 22.0. The minimum Gasteiger partial charge on any atom is -0.481 e. The third-order valence-electron chi connectivity index (χ3n) is 3.86. The average molecular weight is 302 g/mol. The molecule has 1 aliphatic heterocycles. The molecule has 0 saturated carbocycles. The van der Waals surface area contributed by atoms with Gasteiger partial charge in [0.05, 0.1) is 5.57 Å². The molecule has 116 valence electrons. The van der Waals surface area contributed by atoms with Gasteiger partial charge in [0.2, 0.25) is 0 Å². The summed E-state index contributed by atoms with van der Waals surface area (Å²) in [6, 6.07) is 7.13. The van der Waals surface area contributed by atoms with Gasteiger partial charge in [-0.15, -0.1) is 0 Å². The van der Waals surface area contributed by atoms with Gasteiger partial charge in [-0.05, 0) is 31.5 Å². The van der Waals surface area contributed by atoms with E-state index in [1.165, 1.54) is 0 Å². The van der Waals surface area contributed by atoms with Gasteiger partial charge in [0.1, 0.15) is 5.92 Å². The standard InChI is InChI=1S/C16H18N2O4/c1-8-12(15(19)20)14(13(16(21)22)9(2)18-8)10-5-4-6-11(7-10)17-3/h4-7,12,14,17H,1-3H3,(H,19,20)(H,21,22). The molecule has 1 aromatic rings. The minimum atomic E-state index is -1.14. The van der Waals surface area contributed by atoms with Crippen molar-refractivity contribution in [3.63, 3.8) is 0 Å². The Bertz CT molecular complexity index is 691. The van der Waals surface area contributed by atoms with E-state index in [0.29, 0.717) is 17.0 Å². The van der Waals surface area contributed by atoms with Gasteiger partial charge < -0.3 is 15.5 Å². The largest absolute Gasteiger partial charge is 0.481 e. The van der Waals surface area contributed by atoms with Crippen LogP contribution in [0, 0.1) is 5.92 Å². The molecule has 0 amide bonds. The van der Waals surface area contributed by atoms with Gasteiger partial charge in [0.15, 0.2) is 0 Å². The second kappa shape index (κ2) is 6.01. The number of anilines is 1. The molecule has 2 rings (SSSR count).